The van der Waals surface area contributed by atoms with Gasteiger partial charge in [0.25, 0.3) is 0 Å². The second-order valence-electron chi connectivity index (χ2n) is 7.49. The molecule has 2 unspecified atom stereocenters. The number of nitrogens with one attached hydrogen (secondary N) is 1. The zero-order valence-corrected chi connectivity index (χ0v) is 16.5. The highest BCUT2D eigenvalue weighted by molar-refractivity contribution is 5.31. The van der Waals surface area contributed by atoms with Crippen LogP contribution in [0.15, 0.2) is 60.7 Å². The standard InChI is InChI=1S/C14H14.C10H19NO2/c1-12(13-8-4-2-5-9-13)14-10-6-3-7-11-14;1(3-9-7-12-9)5-11-6-2-4-10-8-13-10/h2-12H,1H3;9-11H,1-8H2. The maximum Gasteiger partial charge on any atom is 0.0810 e. The van der Waals surface area contributed by atoms with E-state index < -0.39 is 0 Å². The molecule has 0 aromatic heterocycles. The first-order valence-electron chi connectivity index (χ1n) is 10.4. The van der Waals surface area contributed by atoms with E-state index in [1.54, 1.807) is 0 Å². The van der Waals surface area contributed by atoms with E-state index in [0.29, 0.717) is 18.1 Å². The van der Waals surface area contributed by atoms with Crippen LogP contribution in [0.25, 0.3) is 0 Å². The van der Waals surface area contributed by atoms with Crippen LogP contribution in [0.4, 0.5) is 0 Å². The second kappa shape index (κ2) is 11.2. The van der Waals surface area contributed by atoms with Crippen molar-refractivity contribution in [3.05, 3.63) is 71.8 Å². The van der Waals surface area contributed by atoms with Crippen LogP contribution in [0.1, 0.15) is 49.7 Å². The Labute approximate surface area is 164 Å². The van der Waals surface area contributed by atoms with Crippen LogP contribution in [0.2, 0.25) is 0 Å². The Morgan fingerprint density at radius 2 is 1.19 bits per heavy atom. The van der Waals surface area contributed by atoms with Gasteiger partial charge in [0, 0.05) is 5.92 Å². The van der Waals surface area contributed by atoms with Crippen LogP contribution in [0, 0.1) is 0 Å². The highest BCUT2D eigenvalue weighted by atomic mass is 16.6. The third kappa shape index (κ3) is 8.25. The lowest BCUT2D eigenvalue weighted by Crippen LogP contribution is -2.17. The fourth-order valence-corrected chi connectivity index (χ4v) is 3.18. The molecule has 2 atom stereocenters. The van der Waals surface area contributed by atoms with Crippen molar-refractivity contribution < 1.29 is 9.47 Å². The van der Waals surface area contributed by atoms with Gasteiger partial charge in [0.05, 0.1) is 25.4 Å². The quantitative estimate of drug-likeness (QED) is 0.485. The highest BCUT2D eigenvalue weighted by Gasteiger charge is 2.21. The van der Waals surface area contributed by atoms with E-state index in [-0.39, 0.29) is 0 Å². The van der Waals surface area contributed by atoms with Crippen LogP contribution in [0.5, 0.6) is 0 Å². The molecule has 0 aliphatic carbocycles. The van der Waals surface area contributed by atoms with Crippen molar-refractivity contribution in [2.45, 2.75) is 50.7 Å². The number of rotatable bonds is 10. The molecule has 2 aliphatic heterocycles. The van der Waals surface area contributed by atoms with Crippen molar-refractivity contribution in [1.29, 1.82) is 0 Å². The van der Waals surface area contributed by atoms with E-state index >= 15 is 0 Å². The summed E-state index contributed by atoms with van der Waals surface area (Å²) < 4.78 is 10.3. The molecular formula is C24H33NO2. The van der Waals surface area contributed by atoms with Gasteiger partial charge in [-0.1, -0.05) is 67.6 Å². The molecule has 0 bridgehead atoms. The van der Waals surface area contributed by atoms with Gasteiger partial charge < -0.3 is 14.8 Å². The summed E-state index contributed by atoms with van der Waals surface area (Å²) in [6.07, 6.45) is 6.18. The van der Waals surface area contributed by atoms with Crippen LogP contribution in [-0.4, -0.2) is 38.5 Å². The van der Waals surface area contributed by atoms with E-state index in [1.165, 1.54) is 36.8 Å². The minimum absolute atomic E-state index is 0.484. The molecule has 2 aromatic carbocycles. The number of benzene rings is 2. The molecule has 3 nitrogen and oxygen atoms in total. The average molecular weight is 368 g/mol. The van der Waals surface area contributed by atoms with Crippen LogP contribution in [0.3, 0.4) is 0 Å². The smallest absolute Gasteiger partial charge is 0.0810 e. The van der Waals surface area contributed by atoms with E-state index in [9.17, 15) is 0 Å². The molecule has 2 aliphatic rings. The minimum Gasteiger partial charge on any atom is -0.373 e. The molecule has 0 saturated carbocycles. The first-order valence-corrected chi connectivity index (χ1v) is 10.4. The molecule has 0 spiro atoms. The van der Waals surface area contributed by atoms with Crippen LogP contribution in [-0.2, 0) is 9.47 Å². The van der Waals surface area contributed by atoms with Gasteiger partial charge in [-0.25, -0.2) is 0 Å². The number of ether oxygens (including phenoxy) is 2. The lowest BCUT2D eigenvalue weighted by atomic mass is 9.93. The Morgan fingerprint density at radius 3 is 1.56 bits per heavy atom. The number of epoxide rings is 2. The fraction of sp³-hybridized carbons (Fsp3) is 0.500. The summed E-state index contributed by atoms with van der Waals surface area (Å²) in [5, 5.41) is 3.44. The van der Waals surface area contributed by atoms with E-state index in [0.717, 1.165) is 26.3 Å². The topological polar surface area (TPSA) is 37.1 Å². The van der Waals surface area contributed by atoms with E-state index in [2.05, 4.69) is 72.9 Å². The Balaban J connectivity index is 0.000000156. The zero-order chi connectivity index (χ0) is 18.7. The molecule has 2 aromatic rings. The van der Waals surface area contributed by atoms with Crippen molar-refractivity contribution >= 4 is 0 Å². The van der Waals surface area contributed by atoms with Gasteiger partial charge in [-0.3, -0.25) is 0 Å². The largest absolute Gasteiger partial charge is 0.373 e. The molecule has 3 heteroatoms. The van der Waals surface area contributed by atoms with E-state index in [1.807, 2.05) is 0 Å². The Hall–Kier alpha value is -1.68. The molecule has 2 fully saturated rings. The van der Waals surface area contributed by atoms with Crippen LogP contribution < -0.4 is 5.32 Å². The van der Waals surface area contributed by atoms with E-state index in [4.69, 9.17) is 9.47 Å². The molecule has 0 amide bonds. The van der Waals surface area contributed by atoms with Gasteiger partial charge in [-0.05, 0) is 49.9 Å². The van der Waals surface area contributed by atoms with Crippen molar-refractivity contribution in [3.8, 4) is 0 Å². The Bertz CT molecular complexity index is 568. The van der Waals surface area contributed by atoms with Gasteiger partial charge >= 0.3 is 0 Å². The average Bonchev–Trinajstić information content (AvgIpc) is 3.64. The SMILES string of the molecule is C(CNCCCC1CO1)CC1CO1.CC(c1ccccc1)c1ccccc1. The highest BCUT2D eigenvalue weighted by Crippen LogP contribution is 2.23. The Morgan fingerprint density at radius 1 is 0.778 bits per heavy atom. The lowest BCUT2D eigenvalue weighted by molar-refractivity contribution is 0.383. The summed E-state index contributed by atoms with van der Waals surface area (Å²) >= 11 is 0. The Kier molecular flexibility index (Phi) is 8.34. The second-order valence-corrected chi connectivity index (χ2v) is 7.49. The van der Waals surface area contributed by atoms with Crippen molar-refractivity contribution in [1.82, 2.24) is 5.32 Å². The first kappa shape index (κ1) is 20.1. The molecule has 27 heavy (non-hydrogen) atoms. The monoisotopic (exact) mass is 367 g/mol. The fourth-order valence-electron chi connectivity index (χ4n) is 3.18. The maximum absolute atomic E-state index is 5.13. The summed E-state index contributed by atoms with van der Waals surface area (Å²) in [5.41, 5.74) is 2.75. The molecule has 4 rings (SSSR count). The van der Waals surface area contributed by atoms with Gasteiger partial charge in [0.15, 0.2) is 0 Å². The van der Waals surface area contributed by atoms with Crippen molar-refractivity contribution in [3.63, 3.8) is 0 Å². The minimum atomic E-state index is 0.484. The molecular weight excluding hydrogens is 334 g/mol. The maximum atomic E-state index is 5.13. The zero-order valence-electron chi connectivity index (χ0n) is 16.5. The van der Waals surface area contributed by atoms with Crippen LogP contribution >= 0.6 is 0 Å². The predicted molar refractivity (Wildman–Crippen MR) is 111 cm³/mol. The number of hydrogen-bond donors (Lipinski definition) is 1. The molecule has 0 radical (unpaired) electrons. The normalized spacial score (nSPS) is 20.1. The summed E-state index contributed by atoms with van der Waals surface area (Å²) in [6.45, 7) is 6.53. The molecule has 1 N–H and O–H groups in total. The van der Waals surface area contributed by atoms with Crippen molar-refractivity contribution in [2.75, 3.05) is 26.3 Å². The third-order valence-electron chi connectivity index (χ3n) is 5.16. The van der Waals surface area contributed by atoms with Gasteiger partial charge in [0.2, 0.25) is 0 Å². The molecule has 146 valence electrons. The first-order chi connectivity index (χ1) is 13.3. The molecule has 2 saturated heterocycles. The summed E-state index contributed by atoms with van der Waals surface area (Å²) in [7, 11) is 0. The summed E-state index contributed by atoms with van der Waals surface area (Å²) in [6, 6.07) is 21.2. The predicted octanol–water partition coefficient (Wildman–Crippen LogP) is 4.77. The van der Waals surface area contributed by atoms with Gasteiger partial charge in [0.1, 0.15) is 0 Å². The number of hydrogen-bond acceptors (Lipinski definition) is 3. The van der Waals surface area contributed by atoms with Gasteiger partial charge in [-0.2, -0.15) is 0 Å². The van der Waals surface area contributed by atoms with Crippen molar-refractivity contribution in [2.24, 2.45) is 0 Å². The summed E-state index contributed by atoms with van der Waals surface area (Å²) in [4.78, 5) is 0. The summed E-state index contributed by atoms with van der Waals surface area (Å²) in [5.74, 6) is 0.484. The third-order valence-corrected chi connectivity index (χ3v) is 5.16. The molecule has 2 heterocycles. The van der Waals surface area contributed by atoms with Gasteiger partial charge in [-0.15, -0.1) is 0 Å². The lowest BCUT2D eigenvalue weighted by Gasteiger charge is -2.11.